The van der Waals surface area contributed by atoms with Crippen molar-refractivity contribution in [1.82, 2.24) is 0 Å². The number of Topliss-reactive ketones (excluding diaryl/α,β-unsaturated/α-hetero) is 1. The highest BCUT2D eigenvalue weighted by atomic mass is 16.1. The van der Waals surface area contributed by atoms with Gasteiger partial charge in [-0.15, -0.1) is 0 Å². The van der Waals surface area contributed by atoms with Crippen LogP contribution < -0.4 is 16.0 Å². The second-order valence-corrected chi connectivity index (χ2v) is 5.26. The number of anilines is 3. The van der Waals surface area contributed by atoms with Gasteiger partial charge in [0.25, 0.3) is 5.91 Å². The SMILES string of the molecule is CC(=O)c1ccc(NC(=O)c2cc(N)ccc2N(C)C)cc1. The summed E-state index contributed by atoms with van der Waals surface area (Å²) in [5.74, 6) is -0.254. The van der Waals surface area contributed by atoms with Gasteiger partial charge in [0.2, 0.25) is 0 Å². The third kappa shape index (κ3) is 3.44. The van der Waals surface area contributed by atoms with Crippen LogP contribution in [-0.4, -0.2) is 25.8 Å². The van der Waals surface area contributed by atoms with Gasteiger partial charge >= 0.3 is 0 Å². The number of nitrogen functional groups attached to an aromatic ring is 1. The minimum absolute atomic E-state index is 0.0106. The third-order valence-electron chi connectivity index (χ3n) is 3.30. The maximum atomic E-state index is 12.5. The Morgan fingerprint density at radius 3 is 2.23 bits per heavy atom. The Bertz CT molecular complexity index is 706. The lowest BCUT2D eigenvalue weighted by molar-refractivity contribution is 0.101. The lowest BCUT2D eigenvalue weighted by atomic mass is 10.1. The molecule has 0 radical (unpaired) electrons. The van der Waals surface area contributed by atoms with Crippen LogP contribution >= 0.6 is 0 Å². The van der Waals surface area contributed by atoms with E-state index in [9.17, 15) is 9.59 Å². The molecule has 2 aromatic carbocycles. The fraction of sp³-hybridized carbons (Fsp3) is 0.176. The second-order valence-electron chi connectivity index (χ2n) is 5.26. The molecule has 2 rings (SSSR count). The Morgan fingerprint density at radius 2 is 1.68 bits per heavy atom. The zero-order valence-corrected chi connectivity index (χ0v) is 12.9. The van der Waals surface area contributed by atoms with Gasteiger partial charge in [-0.2, -0.15) is 0 Å². The van der Waals surface area contributed by atoms with Gasteiger partial charge in [-0.05, 0) is 49.4 Å². The van der Waals surface area contributed by atoms with Crippen molar-refractivity contribution in [3.8, 4) is 0 Å². The van der Waals surface area contributed by atoms with Gasteiger partial charge in [-0.1, -0.05) is 0 Å². The van der Waals surface area contributed by atoms with Crippen molar-refractivity contribution in [1.29, 1.82) is 0 Å². The molecule has 0 heterocycles. The summed E-state index contributed by atoms with van der Waals surface area (Å²) in [6, 6.07) is 12.0. The third-order valence-corrected chi connectivity index (χ3v) is 3.30. The van der Waals surface area contributed by atoms with E-state index in [4.69, 9.17) is 5.73 Å². The summed E-state index contributed by atoms with van der Waals surface area (Å²) in [6.45, 7) is 1.50. The summed E-state index contributed by atoms with van der Waals surface area (Å²) in [6.07, 6.45) is 0. The van der Waals surface area contributed by atoms with Crippen LogP contribution in [0.25, 0.3) is 0 Å². The number of rotatable bonds is 4. The van der Waals surface area contributed by atoms with E-state index in [-0.39, 0.29) is 11.7 Å². The number of nitrogens with one attached hydrogen (secondary N) is 1. The Balaban J connectivity index is 2.25. The van der Waals surface area contributed by atoms with E-state index in [1.165, 1.54) is 6.92 Å². The van der Waals surface area contributed by atoms with Crippen LogP contribution in [0.4, 0.5) is 17.1 Å². The van der Waals surface area contributed by atoms with Crippen molar-refractivity contribution in [2.45, 2.75) is 6.92 Å². The van der Waals surface area contributed by atoms with Crippen LogP contribution in [0.3, 0.4) is 0 Å². The molecule has 0 aliphatic rings. The monoisotopic (exact) mass is 297 g/mol. The Labute approximate surface area is 129 Å². The van der Waals surface area contributed by atoms with Gasteiger partial charge in [-0.3, -0.25) is 9.59 Å². The molecular formula is C17H19N3O2. The van der Waals surface area contributed by atoms with E-state index in [0.717, 1.165) is 5.69 Å². The predicted octanol–water partition coefficient (Wildman–Crippen LogP) is 2.79. The molecular weight excluding hydrogens is 278 g/mol. The molecule has 0 saturated carbocycles. The Kier molecular flexibility index (Phi) is 4.46. The van der Waals surface area contributed by atoms with Crippen molar-refractivity contribution in [2.24, 2.45) is 0 Å². The molecule has 0 bridgehead atoms. The minimum Gasteiger partial charge on any atom is -0.399 e. The zero-order valence-electron chi connectivity index (χ0n) is 12.9. The average Bonchev–Trinajstić information content (AvgIpc) is 2.47. The molecule has 5 nitrogen and oxygen atoms in total. The van der Waals surface area contributed by atoms with Gasteiger partial charge in [-0.25, -0.2) is 0 Å². The summed E-state index contributed by atoms with van der Waals surface area (Å²) in [5, 5.41) is 2.81. The van der Waals surface area contributed by atoms with Gasteiger partial charge < -0.3 is 16.0 Å². The van der Waals surface area contributed by atoms with E-state index >= 15 is 0 Å². The van der Waals surface area contributed by atoms with E-state index in [2.05, 4.69) is 5.32 Å². The molecule has 0 atom stereocenters. The molecule has 0 spiro atoms. The van der Waals surface area contributed by atoms with Crippen LogP contribution in [-0.2, 0) is 0 Å². The number of nitrogens with zero attached hydrogens (tertiary/aromatic N) is 1. The first-order valence-corrected chi connectivity index (χ1v) is 6.87. The van der Waals surface area contributed by atoms with Crippen molar-refractivity contribution < 1.29 is 9.59 Å². The Hall–Kier alpha value is -2.82. The summed E-state index contributed by atoms with van der Waals surface area (Å²) >= 11 is 0. The molecule has 0 aliphatic carbocycles. The minimum atomic E-state index is -0.244. The highest BCUT2D eigenvalue weighted by Gasteiger charge is 2.13. The topological polar surface area (TPSA) is 75.4 Å². The Morgan fingerprint density at radius 1 is 1.05 bits per heavy atom. The highest BCUT2D eigenvalue weighted by Crippen LogP contribution is 2.23. The molecule has 2 aromatic rings. The number of ketones is 1. The zero-order chi connectivity index (χ0) is 16.3. The van der Waals surface area contributed by atoms with Crippen molar-refractivity contribution in [3.63, 3.8) is 0 Å². The molecule has 22 heavy (non-hydrogen) atoms. The summed E-state index contributed by atoms with van der Waals surface area (Å²) in [5.41, 5.74) is 8.83. The number of nitrogens with two attached hydrogens (primary N) is 1. The van der Waals surface area contributed by atoms with Crippen molar-refractivity contribution in [2.75, 3.05) is 30.0 Å². The number of amides is 1. The number of carbonyl (C=O) groups is 2. The maximum Gasteiger partial charge on any atom is 0.257 e. The largest absolute Gasteiger partial charge is 0.399 e. The maximum absolute atomic E-state index is 12.5. The molecule has 0 saturated heterocycles. The molecule has 114 valence electrons. The number of carbonyl (C=O) groups excluding carboxylic acids is 2. The van der Waals surface area contributed by atoms with Gasteiger partial charge in [0.15, 0.2) is 5.78 Å². The fourth-order valence-corrected chi connectivity index (χ4v) is 2.11. The van der Waals surface area contributed by atoms with Crippen LogP contribution in [0.1, 0.15) is 27.6 Å². The molecule has 3 N–H and O–H groups in total. The standard InChI is InChI=1S/C17H19N3O2/c1-11(21)12-4-7-14(8-5-12)19-17(22)15-10-13(18)6-9-16(15)20(2)3/h4-10H,18H2,1-3H3,(H,19,22). The molecule has 0 aliphatic heterocycles. The molecule has 5 heteroatoms. The van der Waals surface area contributed by atoms with E-state index in [0.29, 0.717) is 22.5 Å². The van der Waals surface area contributed by atoms with Crippen LogP contribution in [0.2, 0.25) is 0 Å². The van der Waals surface area contributed by atoms with Crippen molar-refractivity contribution in [3.05, 3.63) is 53.6 Å². The molecule has 1 amide bonds. The van der Waals surface area contributed by atoms with Gasteiger partial charge in [0, 0.05) is 36.7 Å². The van der Waals surface area contributed by atoms with Gasteiger partial charge in [0.1, 0.15) is 0 Å². The number of hydrogen-bond donors (Lipinski definition) is 2. The normalized spacial score (nSPS) is 10.1. The number of hydrogen-bond acceptors (Lipinski definition) is 4. The second kappa shape index (κ2) is 6.30. The average molecular weight is 297 g/mol. The lowest BCUT2D eigenvalue weighted by Gasteiger charge is -2.17. The fourth-order valence-electron chi connectivity index (χ4n) is 2.11. The smallest absolute Gasteiger partial charge is 0.257 e. The molecule has 0 unspecified atom stereocenters. The summed E-state index contributed by atoms with van der Waals surface area (Å²) in [4.78, 5) is 25.6. The highest BCUT2D eigenvalue weighted by molar-refractivity contribution is 6.08. The first-order chi connectivity index (χ1) is 10.4. The van der Waals surface area contributed by atoms with E-state index < -0.39 is 0 Å². The van der Waals surface area contributed by atoms with E-state index in [1.54, 1.807) is 36.4 Å². The summed E-state index contributed by atoms with van der Waals surface area (Å²) in [7, 11) is 3.73. The van der Waals surface area contributed by atoms with Crippen molar-refractivity contribution >= 4 is 28.8 Å². The molecule has 0 fully saturated rings. The van der Waals surface area contributed by atoms with Crippen LogP contribution in [0, 0.1) is 0 Å². The number of benzene rings is 2. The van der Waals surface area contributed by atoms with E-state index in [1.807, 2.05) is 25.1 Å². The lowest BCUT2D eigenvalue weighted by Crippen LogP contribution is -2.18. The molecule has 0 aromatic heterocycles. The predicted molar refractivity (Wildman–Crippen MR) is 89.6 cm³/mol. The van der Waals surface area contributed by atoms with Crippen LogP contribution in [0.5, 0.6) is 0 Å². The van der Waals surface area contributed by atoms with Gasteiger partial charge in [0.05, 0.1) is 5.56 Å². The quantitative estimate of drug-likeness (QED) is 0.672. The van der Waals surface area contributed by atoms with Crippen LogP contribution in [0.15, 0.2) is 42.5 Å². The first kappa shape index (κ1) is 15.6. The summed E-state index contributed by atoms with van der Waals surface area (Å²) < 4.78 is 0. The first-order valence-electron chi connectivity index (χ1n) is 6.87.